The van der Waals surface area contributed by atoms with Crippen LogP contribution in [0.2, 0.25) is 0 Å². The van der Waals surface area contributed by atoms with E-state index in [4.69, 9.17) is 0 Å². The monoisotopic (exact) mass is 257 g/mol. The number of hydrogen-bond acceptors (Lipinski definition) is 2. The molecule has 0 radical (unpaired) electrons. The van der Waals surface area contributed by atoms with Crippen LogP contribution in [0, 0.1) is 11.8 Å². The molecule has 0 spiro atoms. The quantitative estimate of drug-likeness (QED) is 0.825. The van der Waals surface area contributed by atoms with E-state index >= 15 is 0 Å². The largest absolute Gasteiger partial charge is 0.350 e. The zero-order valence-electron chi connectivity index (χ0n) is 11.6. The molecule has 0 amide bonds. The van der Waals surface area contributed by atoms with Crippen LogP contribution >= 0.6 is 0 Å². The number of aryl methyl sites for hydroxylation is 1. The lowest BCUT2D eigenvalue weighted by molar-refractivity contribution is 0.404. The Morgan fingerprint density at radius 3 is 2.63 bits per heavy atom. The summed E-state index contributed by atoms with van der Waals surface area (Å²) in [6, 6.07) is 6.26. The van der Waals surface area contributed by atoms with Crippen molar-refractivity contribution in [3.8, 4) is 5.69 Å². The van der Waals surface area contributed by atoms with Gasteiger partial charge in [-0.25, -0.2) is 4.79 Å². The number of fused-ring (bicyclic) bond motifs is 1. The number of aromatic nitrogens is 3. The third-order valence-electron chi connectivity index (χ3n) is 4.16. The van der Waals surface area contributed by atoms with E-state index in [1.54, 1.807) is 13.4 Å². The molecule has 2 aromatic rings. The van der Waals surface area contributed by atoms with Crippen LogP contribution in [0.4, 0.5) is 0 Å². The van der Waals surface area contributed by atoms with Gasteiger partial charge in [0.05, 0.1) is 5.69 Å². The number of benzene rings is 1. The average Bonchev–Trinajstić information content (AvgIpc) is 2.94. The van der Waals surface area contributed by atoms with Crippen molar-refractivity contribution in [3.63, 3.8) is 0 Å². The summed E-state index contributed by atoms with van der Waals surface area (Å²) < 4.78 is 2.95. The van der Waals surface area contributed by atoms with Crippen molar-refractivity contribution in [3.05, 3.63) is 46.1 Å². The molecule has 1 aliphatic carbocycles. The first-order valence-electron chi connectivity index (χ1n) is 6.79. The van der Waals surface area contributed by atoms with Gasteiger partial charge >= 0.3 is 5.69 Å². The molecule has 1 unspecified atom stereocenters. The van der Waals surface area contributed by atoms with Gasteiger partial charge in [0.1, 0.15) is 6.33 Å². The molecule has 0 fully saturated rings. The molecule has 1 aromatic heterocycles. The molecule has 0 aliphatic heterocycles. The fraction of sp³-hybridized carbons (Fsp3) is 0.467. The smallest absolute Gasteiger partial charge is 0.284 e. The highest BCUT2D eigenvalue weighted by Crippen LogP contribution is 2.32. The maximum absolute atomic E-state index is 11.9. The second-order valence-corrected chi connectivity index (χ2v) is 5.80. The minimum Gasteiger partial charge on any atom is -0.284 e. The van der Waals surface area contributed by atoms with E-state index in [0.717, 1.165) is 24.4 Å². The van der Waals surface area contributed by atoms with E-state index in [1.165, 1.54) is 20.4 Å². The third kappa shape index (κ3) is 2.01. The van der Waals surface area contributed by atoms with Gasteiger partial charge in [-0.05, 0) is 47.9 Å². The molecule has 1 atom stereocenters. The van der Waals surface area contributed by atoms with E-state index in [9.17, 15) is 4.79 Å². The summed E-state index contributed by atoms with van der Waals surface area (Å²) in [4.78, 5) is 11.9. The number of nitrogens with zero attached hydrogens (tertiary/aromatic N) is 3. The average molecular weight is 257 g/mol. The van der Waals surface area contributed by atoms with Gasteiger partial charge in [0, 0.05) is 7.05 Å². The van der Waals surface area contributed by atoms with Crippen LogP contribution in [-0.4, -0.2) is 14.3 Å². The summed E-state index contributed by atoms with van der Waals surface area (Å²) in [5.74, 6) is 1.43. The topological polar surface area (TPSA) is 39.8 Å². The number of hydrogen-bond donors (Lipinski definition) is 0. The second kappa shape index (κ2) is 4.37. The van der Waals surface area contributed by atoms with Crippen LogP contribution in [0.25, 0.3) is 5.69 Å². The molecule has 1 aromatic carbocycles. The van der Waals surface area contributed by atoms with Gasteiger partial charge in [-0.15, -0.1) is 0 Å². The van der Waals surface area contributed by atoms with Crippen molar-refractivity contribution in [2.24, 2.45) is 18.9 Å². The summed E-state index contributed by atoms with van der Waals surface area (Å²) in [6.07, 6.45) is 3.82. The fourth-order valence-electron chi connectivity index (χ4n) is 2.80. The van der Waals surface area contributed by atoms with Gasteiger partial charge in [-0.2, -0.15) is 9.78 Å². The van der Waals surface area contributed by atoms with Crippen molar-refractivity contribution >= 4 is 0 Å². The van der Waals surface area contributed by atoms with E-state index in [1.807, 2.05) is 6.07 Å². The van der Waals surface area contributed by atoms with Crippen molar-refractivity contribution < 1.29 is 0 Å². The normalized spacial score (nSPS) is 18.0. The van der Waals surface area contributed by atoms with Crippen molar-refractivity contribution in [2.45, 2.75) is 26.7 Å². The summed E-state index contributed by atoms with van der Waals surface area (Å²) in [7, 11) is 1.72. The Hall–Kier alpha value is -1.84. The van der Waals surface area contributed by atoms with E-state index < -0.39 is 0 Å². The van der Waals surface area contributed by atoms with Crippen LogP contribution in [-0.2, 0) is 19.9 Å². The molecule has 4 nitrogen and oxygen atoms in total. The fourth-order valence-corrected chi connectivity index (χ4v) is 2.80. The third-order valence-corrected chi connectivity index (χ3v) is 4.16. The molecule has 100 valence electrons. The Kier molecular flexibility index (Phi) is 2.81. The lowest BCUT2D eigenvalue weighted by atomic mass is 9.93. The summed E-state index contributed by atoms with van der Waals surface area (Å²) in [5, 5.41) is 4.13. The Balaban J connectivity index is 1.99. The summed E-state index contributed by atoms with van der Waals surface area (Å²) >= 11 is 0. The Labute approximate surface area is 112 Å². The molecular weight excluding hydrogens is 238 g/mol. The van der Waals surface area contributed by atoms with Crippen LogP contribution in [0.3, 0.4) is 0 Å². The molecule has 0 bridgehead atoms. The molecule has 4 heteroatoms. The van der Waals surface area contributed by atoms with Gasteiger partial charge in [0.15, 0.2) is 0 Å². The van der Waals surface area contributed by atoms with Gasteiger partial charge in [-0.3, -0.25) is 4.57 Å². The first kappa shape index (κ1) is 12.2. The van der Waals surface area contributed by atoms with E-state index in [2.05, 4.69) is 31.1 Å². The van der Waals surface area contributed by atoms with Gasteiger partial charge in [-0.1, -0.05) is 19.9 Å². The minimum atomic E-state index is -0.0987. The molecule has 1 heterocycles. The zero-order chi connectivity index (χ0) is 13.6. The first-order chi connectivity index (χ1) is 9.06. The minimum absolute atomic E-state index is 0.0987. The molecule has 19 heavy (non-hydrogen) atoms. The first-order valence-corrected chi connectivity index (χ1v) is 6.79. The Morgan fingerprint density at radius 1 is 1.26 bits per heavy atom. The molecule has 1 aliphatic rings. The van der Waals surface area contributed by atoms with Crippen LogP contribution in [0.1, 0.15) is 25.0 Å². The van der Waals surface area contributed by atoms with Gasteiger partial charge < -0.3 is 0 Å². The molecular formula is C15H19N3O. The Bertz CT molecular complexity index is 666. The SMILES string of the molecule is CC(C)C1Cc2ccc(-n3ncn(C)c3=O)cc2C1. The van der Waals surface area contributed by atoms with Crippen LogP contribution < -0.4 is 5.69 Å². The van der Waals surface area contributed by atoms with Gasteiger partial charge in [0.2, 0.25) is 0 Å². The molecule has 0 N–H and O–H groups in total. The molecule has 3 rings (SSSR count). The van der Waals surface area contributed by atoms with E-state index in [-0.39, 0.29) is 5.69 Å². The van der Waals surface area contributed by atoms with Gasteiger partial charge in [0.25, 0.3) is 0 Å². The lowest BCUT2D eigenvalue weighted by Gasteiger charge is -2.12. The highest BCUT2D eigenvalue weighted by atomic mass is 16.2. The highest BCUT2D eigenvalue weighted by molar-refractivity contribution is 5.42. The van der Waals surface area contributed by atoms with Crippen molar-refractivity contribution in [1.29, 1.82) is 0 Å². The summed E-state index contributed by atoms with van der Waals surface area (Å²) in [5.41, 5.74) is 3.56. The zero-order valence-corrected chi connectivity index (χ0v) is 11.6. The lowest BCUT2D eigenvalue weighted by Crippen LogP contribution is -2.21. The standard InChI is InChI=1S/C15H19N3O/c1-10(2)12-6-11-4-5-14(8-13(11)7-12)18-15(19)17(3)9-16-18/h4-5,8-10,12H,6-7H2,1-3H3. The van der Waals surface area contributed by atoms with Crippen molar-refractivity contribution in [1.82, 2.24) is 14.3 Å². The Morgan fingerprint density at radius 2 is 2.00 bits per heavy atom. The predicted octanol–water partition coefficient (Wildman–Crippen LogP) is 1.94. The van der Waals surface area contributed by atoms with E-state index in [0.29, 0.717) is 5.92 Å². The predicted molar refractivity (Wildman–Crippen MR) is 74.5 cm³/mol. The maximum Gasteiger partial charge on any atom is 0.350 e. The number of rotatable bonds is 2. The van der Waals surface area contributed by atoms with Crippen LogP contribution in [0.5, 0.6) is 0 Å². The highest BCUT2D eigenvalue weighted by Gasteiger charge is 2.24. The molecule has 0 saturated heterocycles. The second-order valence-electron chi connectivity index (χ2n) is 5.80. The molecule has 0 saturated carbocycles. The maximum atomic E-state index is 11.9. The van der Waals surface area contributed by atoms with Crippen molar-refractivity contribution in [2.75, 3.05) is 0 Å². The van der Waals surface area contributed by atoms with Crippen LogP contribution in [0.15, 0.2) is 29.3 Å². The summed E-state index contributed by atoms with van der Waals surface area (Å²) in [6.45, 7) is 4.56.